The number of para-hydroxylation sites is 1. The number of carbonyl (C=O) groups excluding carboxylic acids is 6. The van der Waals surface area contributed by atoms with E-state index in [4.69, 9.17) is 0 Å². The Morgan fingerprint density at radius 2 is 1.50 bits per heavy atom. The number of aromatic amines is 1. The number of carbonyl (C=O) groups is 6. The Bertz CT molecular complexity index is 1420. The van der Waals surface area contributed by atoms with Gasteiger partial charge in [0.25, 0.3) is 0 Å². The van der Waals surface area contributed by atoms with E-state index in [0.29, 0.717) is 19.4 Å². The highest BCUT2D eigenvalue weighted by Crippen LogP contribution is 2.22. The van der Waals surface area contributed by atoms with Gasteiger partial charge in [0.2, 0.25) is 35.4 Å². The van der Waals surface area contributed by atoms with Crippen LogP contribution in [0.2, 0.25) is 0 Å². The fourth-order valence-corrected chi connectivity index (χ4v) is 5.70. The molecule has 2 aliphatic heterocycles. The average Bonchev–Trinajstić information content (AvgIpc) is 3.63. The van der Waals surface area contributed by atoms with Crippen LogP contribution in [0.5, 0.6) is 0 Å². The third-order valence-electron chi connectivity index (χ3n) is 8.24. The smallest absolute Gasteiger partial charge is 0.246 e. The van der Waals surface area contributed by atoms with Gasteiger partial charge < -0.3 is 36.5 Å². The summed E-state index contributed by atoms with van der Waals surface area (Å²) in [5.41, 5.74) is 1.65. The summed E-state index contributed by atoms with van der Waals surface area (Å²) in [6, 6.07) is 2.70. The van der Waals surface area contributed by atoms with Crippen molar-refractivity contribution in [3.8, 4) is 0 Å². The molecule has 6 N–H and O–H groups in total. The number of aromatic nitrogens is 1. The lowest BCUT2D eigenvalue weighted by molar-refractivity contribution is -0.143. The molecule has 1 aromatic heterocycles. The second kappa shape index (κ2) is 13.9. The predicted molar refractivity (Wildman–Crippen MR) is 163 cm³/mol. The van der Waals surface area contributed by atoms with Gasteiger partial charge in [0, 0.05) is 30.1 Å². The fraction of sp³-hybridized carbons (Fsp3) is 0.548. The van der Waals surface area contributed by atoms with Crippen LogP contribution >= 0.6 is 0 Å². The van der Waals surface area contributed by atoms with E-state index >= 15 is 0 Å². The molecule has 238 valence electrons. The molecule has 13 heteroatoms. The molecule has 0 aliphatic carbocycles. The SMILES string of the molecule is CC(C)[C@@H]1NC(=O)[C@@H]2CCCN2C(=O)[C@@H](C(C)C)NC(=O)[C@H](Cc2c[nH]c3ccccc23)NC(=O)[C@H](C)NC(=O)CNC1=O. The molecule has 2 fully saturated rings. The molecule has 0 radical (unpaired) electrons. The number of rotatable bonds is 4. The highest BCUT2D eigenvalue weighted by Gasteiger charge is 2.41. The van der Waals surface area contributed by atoms with Crippen LogP contribution in [0.25, 0.3) is 10.9 Å². The van der Waals surface area contributed by atoms with Gasteiger partial charge in [0.05, 0.1) is 6.54 Å². The zero-order valence-corrected chi connectivity index (χ0v) is 25.9. The summed E-state index contributed by atoms with van der Waals surface area (Å²) in [5, 5.41) is 14.3. The van der Waals surface area contributed by atoms with Crippen LogP contribution in [0, 0.1) is 11.8 Å². The number of hydrogen-bond donors (Lipinski definition) is 6. The van der Waals surface area contributed by atoms with Crippen molar-refractivity contribution in [2.24, 2.45) is 11.8 Å². The van der Waals surface area contributed by atoms with Gasteiger partial charge >= 0.3 is 0 Å². The van der Waals surface area contributed by atoms with E-state index in [0.717, 1.165) is 16.5 Å². The Balaban J connectivity index is 1.67. The van der Waals surface area contributed by atoms with Crippen molar-refractivity contribution in [2.45, 2.75) is 84.1 Å². The Morgan fingerprint density at radius 1 is 0.818 bits per heavy atom. The van der Waals surface area contributed by atoms with Gasteiger partial charge in [0.1, 0.15) is 30.2 Å². The lowest BCUT2D eigenvalue weighted by Crippen LogP contribution is -2.61. The van der Waals surface area contributed by atoms with Crippen LogP contribution in [-0.2, 0) is 35.2 Å². The van der Waals surface area contributed by atoms with Crippen LogP contribution in [0.1, 0.15) is 53.0 Å². The lowest BCUT2D eigenvalue weighted by Gasteiger charge is -2.32. The van der Waals surface area contributed by atoms with Crippen molar-refractivity contribution in [1.29, 1.82) is 0 Å². The lowest BCUT2D eigenvalue weighted by atomic mass is 9.99. The molecular formula is C31H43N7O6. The molecule has 0 saturated carbocycles. The highest BCUT2D eigenvalue weighted by molar-refractivity contribution is 5.98. The molecule has 2 aliphatic rings. The van der Waals surface area contributed by atoms with E-state index in [9.17, 15) is 28.8 Å². The molecule has 0 bridgehead atoms. The van der Waals surface area contributed by atoms with Crippen LogP contribution < -0.4 is 26.6 Å². The molecule has 2 saturated heterocycles. The van der Waals surface area contributed by atoms with E-state index < -0.39 is 72.2 Å². The predicted octanol–water partition coefficient (Wildman–Crippen LogP) is 0.102. The highest BCUT2D eigenvalue weighted by atomic mass is 16.2. The third-order valence-corrected chi connectivity index (χ3v) is 8.24. The first-order chi connectivity index (χ1) is 20.9. The van der Waals surface area contributed by atoms with Crippen LogP contribution in [0.4, 0.5) is 0 Å². The van der Waals surface area contributed by atoms with Gasteiger partial charge in [0.15, 0.2) is 0 Å². The summed E-state index contributed by atoms with van der Waals surface area (Å²) in [6.07, 6.45) is 2.87. The zero-order valence-electron chi connectivity index (χ0n) is 25.9. The number of H-pyrrole nitrogens is 1. The Morgan fingerprint density at radius 3 is 2.20 bits per heavy atom. The largest absolute Gasteiger partial charge is 0.361 e. The van der Waals surface area contributed by atoms with Crippen molar-refractivity contribution >= 4 is 46.3 Å². The van der Waals surface area contributed by atoms with E-state index in [-0.39, 0.29) is 18.3 Å². The van der Waals surface area contributed by atoms with Gasteiger partial charge in [-0.3, -0.25) is 28.8 Å². The first kappa shape index (κ1) is 32.5. The minimum atomic E-state index is -1.09. The van der Waals surface area contributed by atoms with Gasteiger partial charge in [-0.25, -0.2) is 0 Å². The minimum absolute atomic E-state index is 0.114. The molecule has 2 aromatic rings. The van der Waals surface area contributed by atoms with Gasteiger partial charge in [-0.1, -0.05) is 45.9 Å². The number of nitrogens with one attached hydrogen (secondary N) is 6. The second-order valence-corrected chi connectivity index (χ2v) is 12.3. The van der Waals surface area contributed by atoms with E-state index in [1.54, 1.807) is 33.9 Å². The van der Waals surface area contributed by atoms with E-state index in [2.05, 4.69) is 31.6 Å². The number of fused-ring (bicyclic) bond motifs is 2. The summed E-state index contributed by atoms with van der Waals surface area (Å²) in [5.74, 6) is -3.85. The van der Waals surface area contributed by atoms with Crippen molar-refractivity contribution in [3.05, 3.63) is 36.0 Å². The van der Waals surface area contributed by atoms with Gasteiger partial charge in [-0.2, -0.15) is 0 Å². The molecule has 13 nitrogen and oxygen atoms in total. The molecule has 44 heavy (non-hydrogen) atoms. The zero-order chi connectivity index (χ0) is 32.1. The van der Waals surface area contributed by atoms with Crippen LogP contribution in [-0.4, -0.2) is 88.6 Å². The fourth-order valence-electron chi connectivity index (χ4n) is 5.70. The number of hydrogen-bond acceptors (Lipinski definition) is 6. The van der Waals surface area contributed by atoms with Gasteiger partial charge in [-0.05, 0) is 43.2 Å². The summed E-state index contributed by atoms with van der Waals surface area (Å²) in [4.78, 5) is 84.7. The van der Waals surface area contributed by atoms with E-state index in [1.807, 2.05) is 24.3 Å². The molecule has 4 rings (SSSR count). The molecular weight excluding hydrogens is 566 g/mol. The first-order valence-electron chi connectivity index (χ1n) is 15.2. The number of benzene rings is 1. The molecule has 5 atom stereocenters. The second-order valence-electron chi connectivity index (χ2n) is 12.3. The summed E-state index contributed by atoms with van der Waals surface area (Å²) in [7, 11) is 0. The maximum atomic E-state index is 13.9. The quantitative estimate of drug-likeness (QED) is 0.286. The van der Waals surface area contributed by atoms with Gasteiger partial charge in [-0.15, -0.1) is 0 Å². The van der Waals surface area contributed by atoms with Crippen molar-refractivity contribution in [1.82, 2.24) is 36.5 Å². The summed E-state index contributed by atoms with van der Waals surface area (Å²) >= 11 is 0. The molecule has 6 amide bonds. The summed E-state index contributed by atoms with van der Waals surface area (Å²) in [6.45, 7) is 8.49. The standard InChI is InChI=1S/C31H43N7O6/c1-16(2)25-30(43)33-15-24(39)34-18(5)27(40)35-22(13-19-14-32-21-10-7-6-9-20(19)21)28(41)37-26(17(3)4)31(44)38-12-8-11-23(38)29(42)36-25/h6-7,9-10,14,16-18,22-23,25-26,32H,8,11-13,15H2,1-5H3,(H,33,43)(H,34,39)(H,35,40)(H,36,42)(H,37,41)/t18-,22-,23-,25-,26+/m0/s1. The molecule has 0 unspecified atom stereocenters. The maximum absolute atomic E-state index is 13.9. The Labute approximate surface area is 256 Å². The summed E-state index contributed by atoms with van der Waals surface area (Å²) < 4.78 is 0. The molecule has 3 heterocycles. The first-order valence-corrected chi connectivity index (χ1v) is 15.2. The third kappa shape index (κ3) is 7.37. The van der Waals surface area contributed by atoms with E-state index in [1.165, 1.54) is 11.8 Å². The van der Waals surface area contributed by atoms with Crippen LogP contribution in [0.3, 0.4) is 0 Å². The monoisotopic (exact) mass is 609 g/mol. The molecule has 1 aromatic carbocycles. The van der Waals surface area contributed by atoms with Crippen LogP contribution in [0.15, 0.2) is 30.5 Å². The number of nitrogens with zero attached hydrogens (tertiary/aromatic N) is 1. The Kier molecular flexibility index (Phi) is 10.3. The topological polar surface area (TPSA) is 182 Å². The average molecular weight is 610 g/mol. The Hall–Kier alpha value is -4.42. The maximum Gasteiger partial charge on any atom is 0.246 e. The van der Waals surface area contributed by atoms with Crippen molar-refractivity contribution in [2.75, 3.05) is 13.1 Å². The normalized spacial score (nSPS) is 26.4. The number of amides is 6. The van der Waals surface area contributed by atoms with Crippen molar-refractivity contribution < 1.29 is 28.8 Å². The molecule has 0 spiro atoms. The minimum Gasteiger partial charge on any atom is -0.361 e. The van der Waals surface area contributed by atoms with Crippen molar-refractivity contribution in [3.63, 3.8) is 0 Å².